The van der Waals surface area contributed by atoms with Crippen molar-refractivity contribution in [1.82, 2.24) is 4.90 Å². The van der Waals surface area contributed by atoms with Gasteiger partial charge in [-0.2, -0.15) is 10.2 Å². The van der Waals surface area contributed by atoms with Crippen LogP contribution >= 0.6 is 0 Å². The van der Waals surface area contributed by atoms with E-state index in [0.29, 0.717) is 23.6 Å². The van der Waals surface area contributed by atoms with Crippen LogP contribution in [0.5, 0.6) is 5.75 Å². The Morgan fingerprint density at radius 2 is 1.66 bits per heavy atom. The molecule has 13 atom stereocenters. The van der Waals surface area contributed by atoms with Crippen LogP contribution in [-0.4, -0.2) is 133 Å². The molecule has 2 fully saturated rings. The summed E-state index contributed by atoms with van der Waals surface area (Å²) in [6.07, 6.45) is -4.61. The van der Waals surface area contributed by atoms with E-state index >= 15 is 0 Å². The van der Waals surface area contributed by atoms with E-state index in [2.05, 4.69) is 10.2 Å². The van der Waals surface area contributed by atoms with Crippen molar-refractivity contribution in [3.8, 4) is 5.75 Å². The molecule has 0 spiro atoms. The highest BCUT2D eigenvalue weighted by atomic mass is 16.7. The number of methoxy groups -OCH3 is 2. The molecule has 3 N–H and O–H groups in total. The Morgan fingerprint density at radius 1 is 1.02 bits per heavy atom. The van der Waals surface area contributed by atoms with Gasteiger partial charge in [0.15, 0.2) is 6.29 Å². The Bertz CT molecular complexity index is 1480. The monoisotopic (exact) mass is 791 g/mol. The van der Waals surface area contributed by atoms with Gasteiger partial charge >= 0.3 is 11.9 Å². The fraction of sp³-hybridized carbons (Fsp3) is 0.762. The molecule has 2 saturated heterocycles. The second-order valence-corrected chi connectivity index (χ2v) is 16.7. The van der Waals surface area contributed by atoms with Gasteiger partial charge in [-0.25, -0.2) is 0 Å². The lowest BCUT2D eigenvalue weighted by Gasteiger charge is -2.48. The number of hydrogen-bond donors (Lipinski definition) is 3. The van der Waals surface area contributed by atoms with Gasteiger partial charge in [-0.15, -0.1) is 0 Å². The average molecular weight is 792 g/mol. The molecule has 2 heterocycles. The first-order valence-electron chi connectivity index (χ1n) is 19.9. The summed E-state index contributed by atoms with van der Waals surface area (Å²) in [5.41, 5.74) is -1.13. The Morgan fingerprint density at radius 3 is 2.21 bits per heavy atom. The summed E-state index contributed by atoms with van der Waals surface area (Å²) in [6, 6.07) is 6.84. The van der Waals surface area contributed by atoms with E-state index in [1.54, 1.807) is 59.3 Å². The highest BCUT2D eigenvalue weighted by molar-refractivity contribution is 5.90. The van der Waals surface area contributed by atoms with Gasteiger partial charge in [0.1, 0.15) is 23.6 Å². The van der Waals surface area contributed by atoms with Crippen LogP contribution in [-0.2, 0) is 39.7 Å². The molecule has 2 aliphatic rings. The van der Waals surface area contributed by atoms with Gasteiger partial charge in [0.05, 0.1) is 50.0 Å². The van der Waals surface area contributed by atoms with Crippen LogP contribution in [0.25, 0.3) is 0 Å². The zero-order valence-electron chi connectivity index (χ0n) is 35.9. The molecule has 0 saturated carbocycles. The molecular weight excluding hydrogens is 722 g/mol. The number of hydrogen-bond acceptors (Lipinski definition) is 14. The maximum Gasteiger partial charge on any atom is 0.310 e. The quantitative estimate of drug-likeness (QED) is 0.162. The Balaban J connectivity index is 2.20. The summed E-state index contributed by atoms with van der Waals surface area (Å²) < 4.78 is 36.8. The predicted octanol–water partition coefficient (Wildman–Crippen LogP) is 4.59. The van der Waals surface area contributed by atoms with Crippen LogP contribution in [0, 0.1) is 23.7 Å². The number of rotatable bonds is 11. The molecule has 14 nitrogen and oxygen atoms in total. The lowest BCUT2D eigenvalue weighted by Crippen LogP contribution is -2.59. The standard InChI is InChI=1S/C42H69N3O11/c1-14-33-42(9,50)37(48)28(7)35(44-43-24(2)3)26(5)22-41(8,52-13)38(56-40-36(47)32(45(10)11)20-27(6)54-40)30(19-25(4)39(49)55-33)23-53-34(46)21-29-15-17-31(51-12)18-16-29/h15-18,25-28,30,32-33,36-38,40,47-48,50H,14,19-23H2,1-13H3. The summed E-state index contributed by atoms with van der Waals surface area (Å²) >= 11 is 0. The van der Waals surface area contributed by atoms with Crippen LogP contribution in [0.2, 0.25) is 0 Å². The predicted molar refractivity (Wildman–Crippen MR) is 214 cm³/mol. The molecule has 3 rings (SSSR count). The second-order valence-electron chi connectivity index (χ2n) is 16.7. The molecular formula is C42H69N3O11. The average Bonchev–Trinajstić information content (AvgIpc) is 3.14. The molecule has 56 heavy (non-hydrogen) atoms. The summed E-state index contributed by atoms with van der Waals surface area (Å²) in [7, 11) is 6.91. The summed E-state index contributed by atoms with van der Waals surface area (Å²) in [6.45, 7) is 15.9. The molecule has 14 heteroatoms. The van der Waals surface area contributed by atoms with Crippen LogP contribution in [0.4, 0.5) is 0 Å². The first kappa shape index (κ1) is 47.4. The molecule has 318 valence electrons. The SMILES string of the molecule is CCC1OC(=O)C(C)CC(COC(=O)Cc2ccc(OC)cc2)C(OC2OC(C)CC(N(C)C)C2O)C(C)(OC)CC(C)C(=NN=C(C)C)C(C)C(O)C1(C)O. The fourth-order valence-electron chi connectivity index (χ4n) is 8.10. The third kappa shape index (κ3) is 12.0. The summed E-state index contributed by atoms with van der Waals surface area (Å²) in [5, 5.41) is 44.2. The number of aliphatic hydroxyl groups is 3. The molecule has 2 aliphatic heterocycles. The number of carbonyl (C=O) groups excluding carboxylic acids is 2. The van der Waals surface area contributed by atoms with Crippen LogP contribution in [0.1, 0.15) is 93.6 Å². The van der Waals surface area contributed by atoms with Crippen molar-refractivity contribution in [2.45, 2.75) is 148 Å². The first-order valence-corrected chi connectivity index (χ1v) is 19.9. The van der Waals surface area contributed by atoms with Gasteiger partial charge in [-0.05, 0) is 98.0 Å². The van der Waals surface area contributed by atoms with Gasteiger partial charge < -0.3 is 48.6 Å². The zero-order valence-corrected chi connectivity index (χ0v) is 35.9. The van der Waals surface area contributed by atoms with Crippen molar-refractivity contribution in [2.24, 2.45) is 33.9 Å². The molecule has 0 radical (unpaired) electrons. The van der Waals surface area contributed by atoms with Crippen LogP contribution in [0.15, 0.2) is 34.5 Å². The molecule has 13 unspecified atom stereocenters. The van der Waals surface area contributed by atoms with Crippen molar-refractivity contribution >= 4 is 23.4 Å². The zero-order chi connectivity index (χ0) is 42.1. The van der Waals surface area contributed by atoms with Crippen molar-refractivity contribution in [3.05, 3.63) is 29.8 Å². The molecule has 0 bridgehead atoms. The normalized spacial score (nSPS) is 37.1. The third-order valence-corrected chi connectivity index (χ3v) is 11.5. The van der Waals surface area contributed by atoms with Crippen molar-refractivity contribution in [3.63, 3.8) is 0 Å². The van der Waals surface area contributed by atoms with E-state index in [0.717, 1.165) is 5.56 Å². The van der Waals surface area contributed by atoms with Crippen molar-refractivity contribution in [2.75, 3.05) is 34.9 Å². The summed E-state index contributed by atoms with van der Waals surface area (Å²) in [5.74, 6) is -3.06. The topological polar surface area (TPSA) is 178 Å². The van der Waals surface area contributed by atoms with E-state index in [4.69, 9.17) is 28.4 Å². The largest absolute Gasteiger partial charge is 0.497 e. The lowest BCUT2D eigenvalue weighted by molar-refractivity contribution is -0.299. The number of carbonyl (C=O) groups is 2. The van der Waals surface area contributed by atoms with Gasteiger partial charge in [0, 0.05) is 36.4 Å². The van der Waals surface area contributed by atoms with E-state index in [-0.39, 0.29) is 44.4 Å². The minimum Gasteiger partial charge on any atom is -0.497 e. The second kappa shape index (κ2) is 20.6. The van der Waals surface area contributed by atoms with Crippen LogP contribution in [0.3, 0.4) is 0 Å². The highest BCUT2D eigenvalue weighted by Crippen LogP contribution is 2.40. The number of nitrogens with zero attached hydrogens (tertiary/aromatic N) is 3. The smallest absolute Gasteiger partial charge is 0.310 e. The Hall–Kier alpha value is -2.98. The Kier molecular flexibility index (Phi) is 17.5. The van der Waals surface area contributed by atoms with Gasteiger partial charge in [0.2, 0.25) is 0 Å². The van der Waals surface area contributed by atoms with E-state index in [1.807, 2.05) is 53.6 Å². The van der Waals surface area contributed by atoms with Gasteiger partial charge in [-0.3, -0.25) is 9.59 Å². The fourth-order valence-corrected chi connectivity index (χ4v) is 8.10. The molecule has 1 aromatic carbocycles. The molecule has 0 aliphatic carbocycles. The summed E-state index contributed by atoms with van der Waals surface area (Å²) in [4.78, 5) is 29.3. The number of likely N-dealkylation sites (N-methyl/N-ethyl adjacent to an activating group) is 1. The van der Waals surface area contributed by atoms with Crippen molar-refractivity contribution < 1.29 is 53.3 Å². The van der Waals surface area contributed by atoms with Crippen molar-refractivity contribution in [1.29, 1.82) is 0 Å². The molecule has 0 amide bonds. The minimum absolute atomic E-state index is 0.00441. The highest BCUT2D eigenvalue weighted by Gasteiger charge is 2.51. The molecule has 0 aromatic heterocycles. The van der Waals surface area contributed by atoms with E-state index in [9.17, 15) is 24.9 Å². The van der Waals surface area contributed by atoms with Gasteiger partial charge in [0.25, 0.3) is 0 Å². The number of esters is 2. The number of cyclic esters (lactones) is 1. The maximum atomic E-state index is 13.9. The first-order chi connectivity index (χ1) is 26.2. The lowest BCUT2D eigenvalue weighted by atomic mass is 9.74. The third-order valence-electron chi connectivity index (χ3n) is 11.5. The maximum absolute atomic E-state index is 13.9. The van der Waals surface area contributed by atoms with E-state index in [1.165, 1.54) is 6.92 Å². The van der Waals surface area contributed by atoms with Gasteiger partial charge in [-0.1, -0.05) is 39.8 Å². The molecule has 1 aromatic rings. The Labute approximate surface area is 333 Å². The number of benzene rings is 1. The number of ether oxygens (including phenoxy) is 6. The minimum atomic E-state index is -1.85. The van der Waals surface area contributed by atoms with E-state index < -0.39 is 77.5 Å². The van der Waals surface area contributed by atoms with Crippen LogP contribution < -0.4 is 4.74 Å². The number of aliphatic hydroxyl groups excluding tert-OH is 2.